The third-order valence-corrected chi connectivity index (χ3v) is 6.26. The van der Waals surface area contributed by atoms with Crippen LogP contribution in [0.3, 0.4) is 0 Å². The van der Waals surface area contributed by atoms with E-state index in [0.29, 0.717) is 6.54 Å². The summed E-state index contributed by atoms with van der Waals surface area (Å²) in [5.74, 6) is 1.71. The van der Waals surface area contributed by atoms with E-state index >= 15 is 0 Å². The largest absolute Gasteiger partial charge is 0.493 e. The zero-order chi connectivity index (χ0) is 17.4. The molecule has 0 fully saturated rings. The molecule has 4 nitrogen and oxygen atoms in total. The van der Waals surface area contributed by atoms with Crippen molar-refractivity contribution >= 4 is 17.7 Å². The van der Waals surface area contributed by atoms with Crippen molar-refractivity contribution in [3.63, 3.8) is 0 Å². The number of nitrogens with zero attached hydrogens (tertiary/aromatic N) is 1. The van der Waals surface area contributed by atoms with E-state index in [-0.39, 0.29) is 11.2 Å². The van der Waals surface area contributed by atoms with Gasteiger partial charge in [0.2, 0.25) is 5.91 Å². The summed E-state index contributed by atoms with van der Waals surface area (Å²) in [5, 5.41) is -0.000839. The van der Waals surface area contributed by atoms with Crippen molar-refractivity contribution in [3.8, 4) is 11.5 Å². The smallest absolute Gasteiger partial charge is 0.236 e. The predicted octanol–water partition coefficient (Wildman–Crippen LogP) is 3.31. The summed E-state index contributed by atoms with van der Waals surface area (Å²) in [4.78, 5) is 16.2. The molecule has 0 N–H and O–H groups in total. The number of rotatable bonds is 3. The van der Waals surface area contributed by atoms with E-state index in [1.54, 1.807) is 26.0 Å². The summed E-state index contributed by atoms with van der Waals surface area (Å²) < 4.78 is 10.8. The van der Waals surface area contributed by atoms with Crippen molar-refractivity contribution in [3.05, 3.63) is 53.1 Å². The minimum Gasteiger partial charge on any atom is -0.493 e. The fourth-order valence-electron chi connectivity index (χ4n) is 3.59. The molecule has 1 amide bonds. The molecule has 0 saturated carbocycles. The van der Waals surface area contributed by atoms with Gasteiger partial charge >= 0.3 is 0 Å². The van der Waals surface area contributed by atoms with Gasteiger partial charge in [0.05, 0.1) is 19.5 Å². The summed E-state index contributed by atoms with van der Waals surface area (Å²) >= 11 is 1.70. The number of amides is 1. The molecule has 1 unspecified atom stereocenters. The average molecular weight is 355 g/mol. The van der Waals surface area contributed by atoms with Gasteiger partial charge in [0, 0.05) is 18.0 Å². The Balaban J connectivity index is 1.52. The number of fused-ring (bicyclic) bond motifs is 2. The second kappa shape index (κ2) is 6.64. The quantitative estimate of drug-likeness (QED) is 0.847. The van der Waals surface area contributed by atoms with E-state index in [2.05, 4.69) is 12.1 Å². The standard InChI is InChI=1S/C20H21NO3S/c1-23-16-9-13-7-8-21(12-15(13)10-17(16)24-2)20(22)19-11-14-5-3-4-6-18(14)25-19/h3-6,9-10,19H,7-8,11-12H2,1-2H3. The van der Waals surface area contributed by atoms with Gasteiger partial charge in [0.1, 0.15) is 0 Å². The van der Waals surface area contributed by atoms with E-state index < -0.39 is 0 Å². The molecule has 5 heteroatoms. The zero-order valence-electron chi connectivity index (χ0n) is 14.5. The van der Waals surface area contributed by atoms with E-state index in [1.165, 1.54) is 16.0 Å². The van der Waals surface area contributed by atoms with E-state index in [1.807, 2.05) is 29.2 Å². The first-order chi connectivity index (χ1) is 12.2. The summed E-state index contributed by atoms with van der Waals surface area (Å²) in [6, 6.07) is 12.4. The van der Waals surface area contributed by atoms with Crippen molar-refractivity contribution in [2.24, 2.45) is 0 Å². The number of carbonyl (C=O) groups excluding carboxylic acids is 1. The average Bonchev–Trinajstić information content (AvgIpc) is 3.10. The Labute approximate surface area is 152 Å². The molecule has 2 aromatic rings. The van der Waals surface area contributed by atoms with Gasteiger partial charge < -0.3 is 14.4 Å². The monoisotopic (exact) mass is 355 g/mol. The van der Waals surface area contributed by atoms with Crippen molar-refractivity contribution in [2.45, 2.75) is 29.5 Å². The SMILES string of the molecule is COc1cc2c(cc1OC)CN(C(=O)C1Cc3ccccc3S1)CC2. The van der Waals surface area contributed by atoms with Crippen molar-refractivity contribution in [1.82, 2.24) is 4.90 Å². The lowest BCUT2D eigenvalue weighted by Crippen LogP contribution is -2.41. The Kier molecular flexibility index (Phi) is 4.34. The maximum Gasteiger partial charge on any atom is 0.236 e. The van der Waals surface area contributed by atoms with Gasteiger partial charge in [-0.3, -0.25) is 4.79 Å². The number of carbonyl (C=O) groups is 1. The molecule has 2 heterocycles. The second-order valence-corrected chi connectivity index (χ2v) is 7.65. The number of thioether (sulfide) groups is 1. The molecule has 2 aliphatic heterocycles. The van der Waals surface area contributed by atoms with Crippen LogP contribution in [0.2, 0.25) is 0 Å². The lowest BCUT2D eigenvalue weighted by Gasteiger charge is -2.31. The van der Waals surface area contributed by atoms with Gasteiger partial charge in [-0.25, -0.2) is 0 Å². The summed E-state index contributed by atoms with van der Waals surface area (Å²) in [7, 11) is 3.29. The predicted molar refractivity (Wildman–Crippen MR) is 98.5 cm³/mol. The summed E-state index contributed by atoms with van der Waals surface area (Å²) in [5.41, 5.74) is 3.68. The molecule has 0 aromatic heterocycles. The number of methoxy groups -OCH3 is 2. The van der Waals surface area contributed by atoms with Gasteiger partial charge in [0.25, 0.3) is 0 Å². The highest BCUT2D eigenvalue weighted by molar-refractivity contribution is 8.01. The number of hydrogen-bond donors (Lipinski definition) is 0. The molecule has 25 heavy (non-hydrogen) atoms. The Morgan fingerprint density at radius 2 is 1.80 bits per heavy atom. The third kappa shape index (κ3) is 2.97. The van der Waals surface area contributed by atoms with Crippen LogP contribution in [0.15, 0.2) is 41.3 Å². The molecule has 1 atom stereocenters. The lowest BCUT2D eigenvalue weighted by molar-refractivity contribution is -0.131. The number of hydrogen-bond acceptors (Lipinski definition) is 4. The summed E-state index contributed by atoms with van der Waals surface area (Å²) in [6.45, 7) is 1.40. The van der Waals surface area contributed by atoms with Gasteiger partial charge in [-0.05, 0) is 47.7 Å². The second-order valence-electron chi connectivity index (χ2n) is 6.40. The van der Waals surface area contributed by atoms with Gasteiger partial charge in [-0.2, -0.15) is 0 Å². The first-order valence-corrected chi connectivity index (χ1v) is 9.34. The van der Waals surface area contributed by atoms with E-state index in [4.69, 9.17) is 9.47 Å². The topological polar surface area (TPSA) is 38.8 Å². The zero-order valence-corrected chi connectivity index (χ0v) is 15.3. The van der Waals surface area contributed by atoms with Gasteiger partial charge in [-0.15, -0.1) is 11.8 Å². The Morgan fingerprint density at radius 1 is 1.08 bits per heavy atom. The molecule has 0 aliphatic carbocycles. The molecular weight excluding hydrogens is 334 g/mol. The first-order valence-electron chi connectivity index (χ1n) is 8.46. The highest BCUT2D eigenvalue weighted by Crippen LogP contribution is 2.39. The molecule has 2 aromatic carbocycles. The van der Waals surface area contributed by atoms with Crippen molar-refractivity contribution in [2.75, 3.05) is 20.8 Å². The van der Waals surface area contributed by atoms with Gasteiger partial charge in [-0.1, -0.05) is 18.2 Å². The minimum absolute atomic E-state index is 0.000839. The van der Waals surface area contributed by atoms with Crippen LogP contribution in [0.25, 0.3) is 0 Å². The highest BCUT2D eigenvalue weighted by atomic mass is 32.2. The van der Waals surface area contributed by atoms with Crippen LogP contribution in [-0.2, 0) is 24.2 Å². The van der Waals surface area contributed by atoms with Crippen molar-refractivity contribution in [1.29, 1.82) is 0 Å². The minimum atomic E-state index is -0.000839. The van der Waals surface area contributed by atoms with Crippen molar-refractivity contribution < 1.29 is 14.3 Å². The Morgan fingerprint density at radius 3 is 2.52 bits per heavy atom. The van der Waals surface area contributed by atoms with Gasteiger partial charge in [0.15, 0.2) is 11.5 Å². The fraction of sp³-hybridized carbons (Fsp3) is 0.350. The van der Waals surface area contributed by atoms with Crippen LogP contribution >= 0.6 is 11.8 Å². The van der Waals surface area contributed by atoms with Crippen LogP contribution in [-0.4, -0.2) is 36.8 Å². The molecule has 0 radical (unpaired) electrons. The third-order valence-electron chi connectivity index (χ3n) is 4.95. The summed E-state index contributed by atoms with van der Waals surface area (Å²) in [6.07, 6.45) is 1.68. The molecule has 0 saturated heterocycles. The molecule has 4 rings (SSSR count). The normalized spacial score (nSPS) is 18.5. The first kappa shape index (κ1) is 16.3. The molecular formula is C20H21NO3S. The highest BCUT2D eigenvalue weighted by Gasteiger charge is 2.33. The van der Waals surface area contributed by atoms with Crippen LogP contribution in [0, 0.1) is 0 Å². The Hall–Kier alpha value is -2.14. The number of benzene rings is 2. The van der Waals surface area contributed by atoms with Crippen LogP contribution in [0.4, 0.5) is 0 Å². The van der Waals surface area contributed by atoms with E-state index in [9.17, 15) is 4.79 Å². The molecule has 0 bridgehead atoms. The molecule has 0 spiro atoms. The maximum atomic E-state index is 13.0. The van der Waals surface area contributed by atoms with Crippen LogP contribution < -0.4 is 9.47 Å². The molecule has 2 aliphatic rings. The van der Waals surface area contributed by atoms with E-state index in [0.717, 1.165) is 36.4 Å². The lowest BCUT2D eigenvalue weighted by atomic mass is 9.98. The molecule has 130 valence electrons. The number of ether oxygens (including phenoxy) is 2. The Bertz CT molecular complexity index is 796. The van der Waals surface area contributed by atoms with Crippen LogP contribution in [0.5, 0.6) is 11.5 Å². The maximum absolute atomic E-state index is 13.0. The fourth-order valence-corrected chi connectivity index (χ4v) is 4.87. The van der Waals surface area contributed by atoms with Crippen LogP contribution in [0.1, 0.15) is 16.7 Å².